The predicted octanol–water partition coefficient (Wildman–Crippen LogP) is 3.92. The van der Waals surface area contributed by atoms with Crippen LogP contribution in [0.2, 0.25) is 0 Å². The second kappa shape index (κ2) is 41.1. The monoisotopic (exact) mass is 744 g/mol. The van der Waals surface area contributed by atoms with Crippen LogP contribution >= 0.6 is 34.9 Å². The standard InChI is InChI=1S/C8H18O3.C7H9NO2S.C5H7NO2.C5H7NOS.C4H8OS.CN.CH4.Na/c1-5-9-8(4,10-6-2)11-7-3;1-3-10-7(9)6-5(2)11-4-8-6;1-3-8-5(7)4-6-2;1-4-5(2-7)6-3-8-4;1-3-5-4(2)6;1-2;;/h5-7H2,1-4H3;4H,3H2,1-2H3;3-4H2,1H3;3,7H,2H2,1H3;3H2,1-2H3;;1H4;/q;;;;;-1;;+1. The topological polar surface area (TPSA) is 164 Å². The zero-order valence-corrected chi connectivity index (χ0v) is 34.0. The Bertz CT molecular complexity index is 1090. The molecular weight excluding hydrogens is 692 g/mol. The van der Waals surface area contributed by atoms with Gasteiger partial charge in [0, 0.05) is 43.4 Å². The van der Waals surface area contributed by atoms with E-state index < -0.39 is 11.9 Å². The van der Waals surface area contributed by atoms with Gasteiger partial charge in [0.25, 0.3) is 5.97 Å². The van der Waals surface area contributed by atoms with Crippen LogP contribution in [0.4, 0.5) is 0 Å². The molecule has 48 heavy (non-hydrogen) atoms. The van der Waals surface area contributed by atoms with Crippen LogP contribution in [0.25, 0.3) is 4.85 Å². The third kappa shape index (κ3) is 35.2. The van der Waals surface area contributed by atoms with E-state index >= 15 is 0 Å². The van der Waals surface area contributed by atoms with E-state index in [0.29, 0.717) is 50.4 Å². The Labute approximate surface area is 323 Å². The van der Waals surface area contributed by atoms with E-state index in [-0.39, 0.29) is 56.1 Å². The first kappa shape index (κ1) is 58.1. The molecule has 0 aliphatic rings. The van der Waals surface area contributed by atoms with Crippen LogP contribution in [-0.4, -0.2) is 84.2 Å². The van der Waals surface area contributed by atoms with Gasteiger partial charge in [0.05, 0.1) is 43.1 Å². The first-order valence-electron chi connectivity index (χ1n) is 14.2. The number of ether oxygens (including phenoxy) is 6. The van der Waals surface area contributed by atoms with E-state index in [1.165, 1.54) is 11.3 Å². The molecule has 270 valence electrons. The number of aliphatic hydroxyl groups is 1. The summed E-state index contributed by atoms with van der Waals surface area (Å²) in [7, 11) is 0. The first-order valence-corrected chi connectivity index (χ1v) is 16.4. The molecule has 0 aliphatic carbocycles. The molecule has 0 unspecified atom stereocenters. The van der Waals surface area contributed by atoms with Gasteiger partial charge in [0.15, 0.2) is 10.7 Å². The van der Waals surface area contributed by atoms with Gasteiger partial charge in [0.2, 0.25) is 0 Å². The maximum absolute atomic E-state index is 11.0. The van der Waals surface area contributed by atoms with Gasteiger partial charge in [-0.2, -0.15) is 0 Å². The zero-order chi connectivity index (χ0) is 36.4. The van der Waals surface area contributed by atoms with Gasteiger partial charge >= 0.3 is 48.0 Å². The van der Waals surface area contributed by atoms with Crippen LogP contribution < -0.4 is 29.6 Å². The molecule has 2 aromatic rings. The summed E-state index contributed by atoms with van der Waals surface area (Å²) >= 11 is 7.58. The molecule has 0 fully saturated rings. The molecule has 0 atom stereocenters. The summed E-state index contributed by atoms with van der Waals surface area (Å²) in [5.41, 5.74) is 4.62. The summed E-state index contributed by atoms with van der Waals surface area (Å²) < 4.78 is 29.8. The number of thiazole rings is 2. The fourth-order valence-corrected chi connectivity index (χ4v) is 3.84. The summed E-state index contributed by atoms with van der Waals surface area (Å²) in [4.78, 5) is 33.9. The fraction of sp³-hybridized carbons (Fsp3) is 0.645. The number of rotatable bonds is 12. The maximum Gasteiger partial charge on any atom is 1.00 e. The van der Waals surface area contributed by atoms with Crippen molar-refractivity contribution in [3.63, 3.8) is 0 Å². The Balaban J connectivity index is -0.000000114. The molecule has 0 saturated heterocycles. The van der Waals surface area contributed by atoms with Crippen molar-refractivity contribution in [3.05, 3.63) is 50.2 Å². The molecule has 13 nitrogen and oxygen atoms in total. The minimum Gasteiger partial charge on any atom is -0.512 e. The minimum atomic E-state index is -0.849. The van der Waals surface area contributed by atoms with Gasteiger partial charge in [0.1, 0.15) is 0 Å². The number of hydrogen-bond donors (Lipinski definition) is 1. The summed E-state index contributed by atoms with van der Waals surface area (Å²) in [6, 6.07) is 0. The summed E-state index contributed by atoms with van der Waals surface area (Å²) in [5, 5.41) is 15.4. The van der Waals surface area contributed by atoms with Gasteiger partial charge < -0.3 is 50.2 Å². The van der Waals surface area contributed by atoms with E-state index in [0.717, 1.165) is 15.4 Å². The van der Waals surface area contributed by atoms with Crippen LogP contribution in [0.1, 0.15) is 88.8 Å². The maximum atomic E-state index is 11.0. The van der Waals surface area contributed by atoms with Crippen molar-refractivity contribution in [2.75, 3.05) is 46.2 Å². The van der Waals surface area contributed by atoms with E-state index in [1.54, 1.807) is 50.1 Å². The normalized spacial score (nSPS) is 8.83. The Morgan fingerprint density at radius 3 is 1.56 bits per heavy atom. The van der Waals surface area contributed by atoms with E-state index in [1.807, 2.05) is 41.5 Å². The van der Waals surface area contributed by atoms with E-state index in [2.05, 4.69) is 31.8 Å². The SMILES string of the molecule is C.CCOC(=O)c1ncsc1C.CCOC(C)(OCC)OCC.CCOC(C)=S.Cc1scnc1CO.[C-]#N.[C-]#[N+]CC(=O)OCC.[Na+]. The molecule has 0 radical (unpaired) electrons. The second-order valence-electron chi connectivity index (χ2n) is 7.70. The molecule has 2 heterocycles. The average molecular weight is 745 g/mol. The van der Waals surface area contributed by atoms with Crippen molar-refractivity contribution >= 4 is 51.9 Å². The number of carbonyl (C=O) groups is 2. The summed E-state index contributed by atoms with van der Waals surface area (Å²) in [5.74, 6) is -1.62. The average Bonchev–Trinajstić information content (AvgIpc) is 3.63. The molecule has 0 spiro atoms. The Morgan fingerprint density at radius 2 is 1.31 bits per heavy atom. The molecule has 1 N–H and O–H groups in total. The smallest absolute Gasteiger partial charge is 0.512 e. The number of carbonyl (C=O) groups excluding carboxylic acids is 2. The first-order chi connectivity index (χ1) is 21.9. The van der Waals surface area contributed by atoms with Crippen molar-refractivity contribution in [3.8, 4) is 0 Å². The minimum absolute atomic E-state index is 0. The van der Waals surface area contributed by atoms with E-state index in [9.17, 15) is 9.59 Å². The number of aryl methyl sites for hydroxylation is 2. The van der Waals surface area contributed by atoms with Gasteiger partial charge in [-0.05, 0) is 67.6 Å². The van der Waals surface area contributed by atoms with Crippen molar-refractivity contribution in [1.29, 1.82) is 5.26 Å². The van der Waals surface area contributed by atoms with Crippen LogP contribution in [0, 0.1) is 32.3 Å². The predicted molar refractivity (Wildman–Crippen MR) is 189 cm³/mol. The number of hydrogen-bond acceptors (Lipinski definition) is 15. The van der Waals surface area contributed by atoms with Gasteiger partial charge in [-0.15, -0.1) is 22.7 Å². The Hall–Kier alpha value is -2.09. The molecule has 17 heteroatoms. The molecule has 2 rings (SSSR count). The zero-order valence-electron chi connectivity index (χ0n) is 29.5. The number of nitrogens with zero attached hydrogens (tertiary/aromatic N) is 4. The molecular formula is C31H53N4NaO9S3. The quantitative estimate of drug-likeness (QED) is 0.110. The number of aromatic nitrogens is 2. The van der Waals surface area contributed by atoms with Crippen LogP contribution in [0.5, 0.6) is 0 Å². The largest absolute Gasteiger partial charge is 1.00 e. The number of aliphatic hydroxyl groups excluding tert-OH is 1. The summed E-state index contributed by atoms with van der Waals surface area (Å²) in [6.07, 6.45) is 0. The summed E-state index contributed by atoms with van der Waals surface area (Å²) in [6.45, 7) is 32.6. The molecule has 0 saturated carbocycles. The van der Waals surface area contributed by atoms with Crippen molar-refractivity contribution < 1.29 is 72.7 Å². The number of esters is 2. The molecule has 0 aliphatic heterocycles. The molecule has 0 amide bonds. The van der Waals surface area contributed by atoms with Gasteiger partial charge in [-0.3, -0.25) is 0 Å². The van der Waals surface area contributed by atoms with Crippen molar-refractivity contribution in [1.82, 2.24) is 9.97 Å². The van der Waals surface area contributed by atoms with E-state index in [4.69, 9.17) is 47.2 Å². The molecule has 2 aromatic heterocycles. The van der Waals surface area contributed by atoms with Gasteiger partial charge in [-0.25, -0.2) is 26.1 Å². The Kier molecular flexibility index (Phi) is 49.8. The van der Waals surface area contributed by atoms with Crippen molar-refractivity contribution in [2.45, 2.75) is 89.2 Å². The Morgan fingerprint density at radius 1 is 0.875 bits per heavy atom. The van der Waals surface area contributed by atoms with Crippen LogP contribution in [-0.2, 0) is 39.8 Å². The van der Waals surface area contributed by atoms with Gasteiger partial charge in [-0.1, -0.05) is 7.43 Å². The van der Waals surface area contributed by atoms with Crippen LogP contribution in [0.15, 0.2) is 11.0 Å². The molecule has 0 aromatic carbocycles. The third-order valence-electron chi connectivity index (χ3n) is 4.29. The third-order valence-corrected chi connectivity index (χ3v) is 5.96. The second-order valence-corrected chi connectivity index (χ2v) is 10.4. The van der Waals surface area contributed by atoms with Crippen LogP contribution in [0.3, 0.4) is 0 Å². The molecule has 0 bridgehead atoms. The number of thiocarbonyl (C=S) groups is 1. The van der Waals surface area contributed by atoms with Crippen molar-refractivity contribution in [2.24, 2.45) is 0 Å². The fourth-order valence-electron chi connectivity index (χ4n) is 2.57.